The van der Waals surface area contributed by atoms with E-state index in [0.29, 0.717) is 17.1 Å². The van der Waals surface area contributed by atoms with Crippen molar-refractivity contribution in [3.05, 3.63) is 0 Å². The molecule has 0 radical (unpaired) electrons. The van der Waals surface area contributed by atoms with E-state index in [1.165, 1.54) is 44.9 Å². The summed E-state index contributed by atoms with van der Waals surface area (Å²) in [6.07, 6.45) is 10.5. The van der Waals surface area contributed by atoms with Gasteiger partial charge in [0.2, 0.25) is 0 Å². The topological polar surface area (TPSA) is 17.1 Å². The Morgan fingerprint density at radius 3 is 2.28 bits per heavy atom. The van der Waals surface area contributed by atoms with Crippen LogP contribution in [0.2, 0.25) is 0 Å². The first-order valence-corrected chi connectivity index (χ1v) is 8.01. The van der Waals surface area contributed by atoms with Crippen LogP contribution in [0.5, 0.6) is 0 Å². The predicted octanol–water partition coefficient (Wildman–Crippen LogP) is 4.60. The maximum absolute atomic E-state index is 12.4. The zero-order valence-corrected chi connectivity index (χ0v) is 12.3. The molecular weight excluding hydrogens is 220 g/mol. The van der Waals surface area contributed by atoms with Crippen molar-refractivity contribution in [1.29, 1.82) is 0 Å². The van der Waals surface area contributed by atoms with Crippen LogP contribution in [0, 0.1) is 28.6 Å². The van der Waals surface area contributed by atoms with Crippen molar-refractivity contribution in [2.24, 2.45) is 28.6 Å². The third-order valence-electron chi connectivity index (χ3n) is 6.84. The molecule has 3 aliphatic carbocycles. The molecule has 3 fully saturated rings. The Kier molecular flexibility index (Phi) is 2.88. The minimum Gasteiger partial charge on any atom is -0.299 e. The Labute approximate surface area is 112 Å². The van der Waals surface area contributed by atoms with E-state index in [9.17, 15) is 4.79 Å². The molecular formula is C17H28O. The van der Waals surface area contributed by atoms with Crippen LogP contribution in [0.15, 0.2) is 0 Å². The average Bonchev–Trinajstić information content (AvgIpc) is 2.49. The van der Waals surface area contributed by atoms with E-state index in [1.54, 1.807) is 0 Å². The molecule has 3 rings (SSSR count). The average molecular weight is 248 g/mol. The number of fused-ring (bicyclic) bond motifs is 4. The molecule has 4 unspecified atom stereocenters. The minimum absolute atomic E-state index is 0.240. The first-order valence-electron chi connectivity index (χ1n) is 8.01. The van der Waals surface area contributed by atoms with Crippen molar-refractivity contribution < 1.29 is 4.79 Å². The van der Waals surface area contributed by atoms with Gasteiger partial charge in [-0.25, -0.2) is 0 Å². The van der Waals surface area contributed by atoms with Gasteiger partial charge in [-0.05, 0) is 35.5 Å². The molecule has 0 spiro atoms. The van der Waals surface area contributed by atoms with Crippen LogP contribution >= 0.6 is 0 Å². The van der Waals surface area contributed by atoms with Crippen molar-refractivity contribution in [3.8, 4) is 0 Å². The summed E-state index contributed by atoms with van der Waals surface area (Å²) in [4.78, 5) is 12.4. The highest BCUT2D eigenvalue weighted by Crippen LogP contribution is 2.72. The number of carbonyl (C=O) groups excluding carboxylic acids is 1. The van der Waals surface area contributed by atoms with Crippen molar-refractivity contribution in [2.75, 3.05) is 0 Å². The van der Waals surface area contributed by atoms with Gasteiger partial charge in [0.25, 0.3) is 0 Å². The van der Waals surface area contributed by atoms with Gasteiger partial charge >= 0.3 is 0 Å². The van der Waals surface area contributed by atoms with Crippen LogP contribution in [0.1, 0.15) is 72.1 Å². The lowest BCUT2D eigenvalue weighted by Crippen LogP contribution is -2.58. The molecule has 1 nitrogen and oxygen atoms in total. The van der Waals surface area contributed by atoms with Crippen molar-refractivity contribution in [2.45, 2.75) is 72.1 Å². The summed E-state index contributed by atoms with van der Waals surface area (Å²) in [5.41, 5.74) is 0.559. The number of rotatable bonds is 0. The van der Waals surface area contributed by atoms with Crippen LogP contribution in [-0.2, 0) is 4.79 Å². The van der Waals surface area contributed by atoms with E-state index in [4.69, 9.17) is 0 Å². The van der Waals surface area contributed by atoms with Gasteiger partial charge in [-0.1, -0.05) is 52.9 Å². The van der Waals surface area contributed by atoms with Gasteiger partial charge in [-0.15, -0.1) is 0 Å². The SMILES string of the molecule is CC1(C)CC(=O)C2C3CCCCCCCC3C21C. The summed E-state index contributed by atoms with van der Waals surface area (Å²) in [6.45, 7) is 7.11. The van der Waals surface area contributed by atoms with Crippen LogP contribution in [0.3, 0.4) is 0 Å². The second kappa shape index (κ2) is 4.08. The van der Waals surface area contributed by atoms with E-state index in [2.05, 4.69) is 20.8 Å². The highest BCUT2D eigenvalue weighted by Gasteiger charge is 2.70. The van der Waals surface area contributed by atoms with Gasteiger partial charge in [0, 0.05) is 12.3 Å². The lowest BCUT2D eigenvalue weighted by atomic mass is 9.42. The first-order chi connectivity index (χ1) is 8.48. The quantitative estimate of drug-likeness (QED) is 0.612. The molecule has 0 heterocycles. The second-order valence-electron chi connectivity index (χ2n) is 7.90. The van der Waals surface area contributed by atoms with Crippen LogP contribution < -0.4 is 0 Å². The fourth-order valence-electron chi connectivity index (χ4n) is 5.62. The van der Waals surface area contributed by atoms with Gasteiger partial charge in [0.05, 0.1) is 0 Å². The summed E-state index contributed by atoms with van der Waals surface area (Å²) in [7, 11) is 0. The molecule has 0 aromatic rings. The molecule has 0 aromatic heterocycles. The molecule has 3 aliphatic rings. The van der Waals surface area contributed by atoms with E-state index in [0.717, 1.165) is 18.3 Å². The molecule has 18 heavy (non-hydrogen) atoms. The number of ketones is 1. The maximum atomic E-state index is 12.4. The van der Waals surface area contributed by atoms with Gasteiger partial charge in [0.1, 0.15) is 5.78 Å². The summed E-state index contributed by atoms with van der Waals surface area (Å²) in [5, 5.41) is 0. The molecule has 0 aromatic carbocycles. The zero-order valence-electron chi connectivity index (χ0n) is 12.3. The number of Topliss-reactive ketones (excluding diaryl/α,β-unsaturated/α-hetero) is 1. The van der Waals surface area contributed by atoms with Crippen molar-refractivity contribution >= 4 is 5.78 Å². The normalized spacial score (nSPS) is 47.3. The van der Waals surface area contributed by atoms with Crippen molar-refractivity contribution in [3.63, 3.8) is 0 Å². The Hall–Kier alpha value is -0.330. The maximum Gasteiger partial charge on any atom is 0.137 e. The summed E-state index contributed by atoms with van der Waals surface area (Å²) < 4.78 is 0. The first kappa shape index (κ1) is 12.7. The Bertz CT molecular complexity index is 357. The smallest absolute Gasteiger partial charge is 0.137 e. The van der Waals surface area contributed by atoms with Crippen LogP contribution in [0.4, 0.5) is 0 Å². The molecule has 0 saturated heterocycles. The highest BCUT2D eigenvalue weighted by atomic mass is 16.1. The Morgan fingerprint density at radius 2 is 1.56 bits per heavy atom. The minimum atomic E-state index is 0.240. The van der Waals surface area contributed by atoms with Crippen LogP contribution in [0.25, 0.3) is 0 Å². The molecule has 0 amide bonds. The third-order valence-corrected chi connectivity index (χ3v) is 6.84. The lowest BCUT2D eigenvalue weighted by Gasteiger charge is -2.62. The monoisotopic (exact) mass is 248 g/mol. The molecule has 102 valence electrons. The van der Waals surface area contributed by atoms with Gasteiger partial charge in [-0.2, -0.15) is 0 Å². The van der Waals surface area contributed by atoms with E-state index in [1.807, 2.05) is 0 Å². The highest BCUT2D eigenvalue weighted by molar-refractivity contribution is 5.87. The molecule has 3 saturated carbocycles. The molecule has 4 atom stereocenters. The Balaban J connectivity index is 1.89. The van der Waals surface area contributed by atoms with Crippen LogP contribution in [-0.4, -0.2) is 5.78 Å². The lowest BCUT2D eigenvalue weighted by molar-refractivity contribution is -0.161. The zero-order chi connectivity index (χ0) is 13.0. The summed E-state index contributed by atoms with van der Waals surface area (Å²) in [6, 6.07) is 0. The van der Waals surface area contributed by atoms with E-state index < -0.39 is 0 Å². The second-order valence-corrected chi connectivity index (χ2v) is 7.90. The van der Waals surface area contributed by atoms with Gasteiger partial charge in [0.15, 0.2) is 0 Å². The molecule has 1 heteroatoms. The molecule has 0 aliphatic heterocycles. The standard InChI is InChI=1S/C17H28O/c1-16(2)11-14(18)15-12-9-7-5-4-6-8-10-13(12)17(15,16)3/h12-13,15H,4-11H2,1-3H3. The fraction of sp³-hybridized carbons (Fsp3) is 0.941. The van der Waals surface area contributed by atoms with Gasteiger partial charge < -0.3 is 0 Å². The third kappa shape index (κ3) is 1.48. The molecule has 0 N–H and O–H groups in total. The predicted molar refractivity (Wildman–Crippen MR) is 74.3 cm³/mol. The summed E-state index contributed by atoms with van der Waals surface area (Å²) in [5.74, 6) is 2.57. The van der Waals surface area contributed by atoms with Gasteiger partial charge in [-0.3, -0.25) is 4.79 Å². The van der Waals surface area contributed by atoms with E-state index in [-0.39, 0.29) is 5.41 Å². The van der Waals surface area contributed by atoms with Crippen molar-refractivity contribution in [1.82, 2.24) is 0 Å². The fourth-order valence-corrected chi connectivity index (χ4v) is 5.62. The number of hydrogen-bond donors (Lipinski definition) is 0. The Morgan fingerprint density at radius 1 is 0.944 bits per heavy atom. The largest absolute Gasteiger partial charge is 0.299 e. The van der Waals surface area contributed by atoms with E-state index >= 15 is 0 Å². The summed E-state index contributed by atoms with van der Waals surface area (Å²) >= 11 is 0. The number of carbonyl (C=O) groups is 1. The number of hydrogen-bond acceptors (Lipinski definition) is 1. The molecule has 0 bridgehead atoms.